The zero-order valence-electron chi connectivity index (χ0n) is 11.9. The minimum atomic E-state index is 0.614. The molecule has 102 valence electrons. The molecule has 0 bridgehead atoms. The number of hydrogen-bond donors (Lipinski definition) is 1. The molecule has 0 aliphatic heterocycles. The van der Waals surface area contributed by atoms with Gasteiger partial charge in [0.05, 0.1) is 12.8 Å². The number of methoxy groups -OCH3 is 1. The summed E-state index contributed by atoms with van der Waals surface area (Å²) in [5.74, 6) is 0.690. The molecule has 1 N–H and O–H groups in total. The average Bonchev–Trinajstić information content (AvgIpc) is 2.42. The SMILES string of the molecule is CCCCC(CCC)NCc1cccc(OC)n1. The van der Waals surface area contributed by atoms with E-state index in [1.165, 1.54) is 32.1 Å². The normalized spacial score (nSPS) is 12.4. The number of nitrogens with zero attached hydrogens (tertiary/aromatic N) is 1. The molecule has 3 heteroatoms. The standard InChI is InChI=1S/C15H26N2O/c1-4-6-9-13(8-5-2)16-12-14-10-7-11-15(17-14)18-3/h7,10-11,13,16H,4-6,8-9,12H2,1-3H3. The summed E-state index contributed by atoms with van der Waals surface area (Å²) < 4.78 is 5.14. The molecule has 0 spiro atoms. The lowest BCUT2D eigenvalue weighted by molar-refractivity contribution is 0.392. The van der Waals surface area contributed by atoms with Gasteiger partial charge in [0.15, 0.2) is 0 Å². The Morgan fingerprint density at radius 1 is 1.22 bits per heavy atom. The molecule has 0 saturated carbocycles. The van der Waals surface area contributed by atoms with Crippen molar-refractivity contribution >= 4 is 0 Å². The molecule has 1 unspecified atom stereocenters. The molecule has 0 aliphatic rings. The predicted molar refractivity (Wildman–Crippen MR) is 75.8 cm³/mol. The number of aromatic nitrogens is 1. The highest BCUT2D eigenvalue weighted by molar-refractivity contribution is 5.15. The van der Waals surface area contributed by atoms with Gasteiger partial charge in [-0.2, -0.15) is 0 Å². The molecule has 0 fully saturated rings. The maximum Gasteiger partial charge on any atom is 0.213 e. The van der Waals surface area contributed by atoms with Crippen molar-refractivity contribution in [1.29, 1.82) is 0 Å². The predicted octanol–water partition coefficient (Wildman–Crippen LogP) is 3.54. The molecule has 1 rings (SSSR count). The summed E-state index contributed by atoms with van der Waals surface area (Å²) in [4.78, 5) is 4.42. The molecular weight excluding hydrogens is 224 g/mol. The highest BCUT2D eigenvalue weighted by atomic mass is 16.5. The van der Waals surface area contributed by atoms with Gasteiger partial charge in [0.2, 0.25) is 5.88 Å². The van der Waals surface area contributed by atoms with Gasteiger partial charge in [-0.25, -0.2) is 4.98 Å². The van der Waals surface area contributed by atoms with Gasteiger partial charge in [0.1, 0.15) is 0 Å². The monoisotopic (exact) mass is 250 g/mol. The van der Waals surface area contributed by atoms with E-state index in [2.05, 4.69) is 24.1 Å². The van der Waals surface area contributed by atoms with E-state index in [-0.39, 0.29) is 0 Å². The smallest absolute Gasteiger partial charge is 0.213 e. The van der Waals surface area contributed by atoms with Crippen molar-refractivity contribution < 1.29 is 4.74 Å². The van der Waals surface area contributed by atoms with E-state index < -0.39 is 0 Å². The highest BCUT2D eigenvalue weighted by Crippen LogP contribution is 2.10. The number of unbranched alkanes of at least 4 members (excludes halogenated alkanes) is 1. The van der Waals surface area contributed by atoms with Crippen LogP contribution >= 0.6 is 0 Å². The Balaban J connectivity index is 2.44. The lowest BCUT2D eigenvalue weighted by atomic mass is 10.1. The molecule has 0 saturated heterocycles. The Morgan fingerprint density at radius 3 is 2.72 bits per heavy atom. The number of hydrogen-bond acceptors (Lipinski definition) is 3. The molecule has 0 amide bonds. The third kappa shape index (κ3) is 5.50. The Hall–Kier alpha value is -1.09. The first-order chi connectivity index (χ1) is 8.80. The minimum absolute atomic E-state index is 0.614. The summed E-state index contributed by atoms with van der Waals surface area (Å²) in [6, 6.07) is 6.52. The molecule has 18 heavy (non-hydrogen) atoms. The van der Waals surface area contributed by atoms with E-state index in [4.69, 9.17) is 4.74 Å². The van der Waals surface area contributed by atoms with Crippen LogP contribution < -0.4 is 10.1 Å². The summed E-state index contributed by atoms with van der Waals surface area (Å²) in [5.41, 5.74) is 1.05. The Kier molecular flexibility index (Phi) is 7.42. The first-order valence-electron chi connectivity index (χ1n) is 7.03. The molecular formula is C15H26N2O. The highest BCUT2D eigenvalue weighted by Gasteiger charge is 2.07. The van der Waals surface area contributed by atoms with Crippen molar-refractivity contribution in [3.05, 3.63) is 23.9 Å². The van der Waals surface area contributed by atoms with Crippen molar-refractivity contribution in [2.75, 3.05) is 7.11 Å². The van der Waals surface area contributed by atoms with Crippen LogP contribution in [0.4, 0.5) is 0 Å². The largest absolute Gasteiger partial charge is 0.481 e. The molecule has 0 radical (unpaired) electrons. The van der Waals surface area contributed by atoms with Crippen molar-refractivity contribution in [3.63, 3.8) is 0 Å². The third-order valence-electron chi connectivity index (χ3n) is 3.11. The quantitative estimate of drug-likeness (QED) is 0.728. The van der Waals surface area contributed by atoms with Gasteiger partial charge >= 0.3 is 0 Å². The first-order valence-corrected chi connectivity index (χ1v) is 7.03. The summed E-state index contributed by atoms with van der Waals surface area (Å²) in [6.07, 6.45) is 6.29. The van der Waals surface area contributed by atoms with E-state index in [1.54, 1.807) is 7.11 Å². The summed E-state index contributed by atoms with van der Waals surface area (Å²) in [5, 5.41) is 3.61. The van der Waals surface area contributed by atoms with Crippen LogP contribution in [-0.2, 0) is 6.54 Å². The molecule has 0 aromatic carbocycles. The van der Waals surface area contributed by atoms with Crippen LogP contribution in [0.1, 0.15) is 51.6 Å². The van der Waals surface area contributed by atoms with Crippen LogP contribution in [-0.4, -0.2) is 18.1 Å². The lowest BCUT2D eigenvalue weighted by Gasteiger charge is -2.17. The molecule has 1 atom stereocenters. The maximum absolute atomic E-state index is 5.14. The van der Waals surface area contributed by atoms with E-state index in [9.17, 15) is 0 Å². The zero-order valence-corrected chi connectivity index (χ0v) is 11.9. The minimum Gasteiger partial charge on any atom is -0.481 e. The van der Waals surface area contributed by atoms with Crippen LogP contribution in [0.15, 0.2) is 18.2 Å². The van der Waals surface area contributed by atoms with Crippen LogP contribution in [0.2, 0.25) is 0 Å². The van der Waals surface area contributed by atoms with E-state index >= 15 is 0 Å². The van der Waals surface area contributed by atoms with Gasteiger partial charge in [-0.05, 0) is 18.9 Å². The molecule has 0 aliphatic carbocycles. The topological polar surface area (TPSA) is 34.1 Å². The number of nitrogens with one attached hydrogen (secondary N) is 1. The third-order valence-corrected chi connectivity index (χ3v) is 3.11. The summed E-state index contributed by atoms with van der Waals surface area (Å²) in [7, 11) is 1.65. The summed E-state index contributed by atoms with van der Waals surface area (Å²) in [6.45, 7) is 5.31. The second-order valence-electron chi connectivity index (χ2n) is 4.68. The fourth-order valence-electron chi connectivity index (χ4n) is 2.07. The van der Waals surface area contributed by atoms with Gasteiger partial charge in [-0.3, -0.25) is 0 Å². The molecule has 3 nitrogen and oxygen atoms in total. The van der Waals surface area contributed by atoms with Crippen LogP contribution in [0, 0.1) is 0 Å². The molecule has 1 heterocycles. The second-order valence-corrected chi connectivity index (χ2v) is 4.68. The van der Waals surface area contributed by atoms with E-state index in [0.717, 1.165) is 12.2 Å². The fraction of sp³-hybridized carbons (Fsp3) is 0.667. The second kappa shape index (κ2) is 8.92. The maximum atomic E-state index is 5.14. The van der Waals surface area contributed by atoms with E-state index in [1.807, 2.05) is 18.2 Å². The Bertz CT molecular complexity index is 328. The van der Waals surface area contributed by atoms with Crippen molar-refractivity contribution in [3.8, 4) is 5.88 Å². The van der Waals surface area contributed by atoms with Crippen molar-refractivity contribution in [2.24, 2.45) is 0 Å². The summed E-state index contributed by atoms with van der Waals surface area (Å²) >= 11 is 0. The zero-order chi connectivity index (χ0) is 13.2. The van der Waals surface area contributed by atoms with Gasteiger partial charge in [0.25, 0.3) is 0 Å². The van der Waals surface area contributed by atoms with E-state index in [0.29, 0.717) is 11.9 Å². The average molecular weight is 250 g/mol. The molecule has 1 aromatic rings. The number of pyridine rings is 1. The molecule has 1 aromatic heterocycles. The Labute approximate surface area is 111 Å². The van der Waals surface area contributed by atoms with Gasteiger partial charge in [-0.1, -0.05) is 39.2 Å². The first kappa shape index (κ1) is 15.0. The fourth-order valence-corrected chi connectivity index (χ4v) is 2.07. The van der Waals surface area contributed by atoms with Gasteiger partial charge in [-0.15, -0.1) is 0 Å². The Morgan fingerprint density at radius 2 is 2.06 bits per heavy atom. The van der Waals surface area contributed by atoms with Crippen LogP contribution in [0.3, 0.4) is 0 Å². The van der Waals surface area contributed by atoms with Crippen molar-refractivity contribution in [2.45, 2.75) is 58.5 Å². The van der Waals surface area contributed by atoms with Crippen LogP contribution in [0.25, 0.3) is 0 Å². The van der Waals surface area contributed by atoms with Gasteiger partial charge in [0, 0.05) is 18.7 Å². The van der Waals surface area contributed by atoms with Gasteiger partial charge < -0.3 is 10.1 Å². The lowest BCUT2D eigenvalue weighted by Crippen LogP contribution is -2.28. The van der Waals surface area contributed by atoms with Crippen LogP contribution in [0.5, 0.6) is 5.88 Å². The number of rotatable bonds is 9. The van der Waals surface area contributed by atoms with Crippen molar-refractivity contribution in [1.82, 2.24) is 10.3 Å². The number of ether oxygens (including phenoxy) is 1.